The summed E-state index contributed by atoms with van der Waals surface area (Å²) in [5, 5.41) is 5.97. The van der Waals surface area contributed by atoms with Crippen molar-refractivity contribution in [1.29, 1.82) is 0 Å². The van der Waals surface area contributed by atoms with Crippen molar-refractivity contribution in [3.8, 4) is 0 Å². The number of benzene rings is 1. The number of amides is 2. The molecule has 0 radical (unpaired) electrons. The molecule has 28 heavy (non-hydrogen) atoms. The Hall–Kier alpha value is -1.91. The lowest BCUT2D eigenvalue weighted by molar-refractivity contribution is -0.119. The summed E-state index contributed by atoms with van der Waals surface area (Å²) in [6, 6.07) is 4.43. The summed E-state index contributed by atoms with van der Waals surface area (Å²) in [7, 11) is 1.70. The van der Waals surface area contributed by atoms with Crippen LogP contribution in [0, 0.1) is 18.7 Å². The molecule has 1 aromatic carbocycles. The molecule has 9 heteroatoms. The quantitative estimate of drug-likeness (QED) is 0.237. The normalized spacial score (nSPS) is 16.9. The number of halogens is 2. The Morgan fingerprint density at radius 1 is 1.32 bits per heavy atom. The Bertz CT molecular complexity index is 714. The lowest BCUT2D eigenvalue weighted by Crippen LogP contribution is -2.48. The van der Waals surface area contributed by atoms with Crippen LogP contribution >= 0.6 is 24.0 Å². The number of aryl methyl sites for hydroxylation is 1. The summed E-state index contributed by atoms with van der Waals surface area (Å²) in [6.07, 6.45) is 2.35. The first-order chi connectivity index (χ1) is 12.9. The van der Waals surface area contributed by atoms with Crippen LogP contribution in [-0.4, -0.2) is 55.9 Å². The zero-order valence-electron chi connectivity index (χ0n) is 16.3. The van der Waals surface area contributed by atoms with Gasteiger partial charge >= 0.3 is 0 Å². The maximum absolute atomic E-state index is 13.6. The van der Waals surface area contributed by atoms with E-state index in [4.69, 9.17) is 5.73 Å². The second-order valence-corrected chi connectivity index (χ2v) is 6.82. The fraction of sp³-hybridized carbons (Fsp3) is 0.526. The first kappa shape index (κ1) is 24.1. The first-order valence-corrected chi connectivity index (χ1v) is 9.19. The molecule has 0 aliphatic carbocycles. The number of piperidine rings is 1. The lowest BCUT2D eigenvalue weighted by Gasteiger charge is -2.34. The van der Waals surface area contributed by atoms with Crippen LogP contribution in [0.5, 0.6) is 0 Å². The van der Waals surface area contributed by atoms with Crippen LogP contribution in [0.25, 0.3) is 0 Å². The van der Waals surface area contributed by atoms with Gasteiger partial charge in [0.1, 0.15) is 5.82 Å². The van der Waals surface area contributed by atoms with E-state index in [1.165, 1.54) is 6.07 Å². The Balaban J connectivity index is 0.00000392. The van der Waals surface area contributed by atoms with Crippen molar-refractivity contribution in [2.75, 3.05) is 33.2 Å². The standard InChI is InChI=1S/C19H28FN5O2.HI/c1-13-5-6-15(11-16(13)20)18(27)23-7-8-24-19(22-2)25-9-3-4-14(12-25)10-17(21)26;/h5-6,11,14H,3-4,7-10,12H2,1-2H3,(H2,21,26)(H,22,24)(H,23,27);1H. The number of carbonyl (C=O) groups excluding carboxylic acids is 2. The molecule has 1 atom stereocenters. The summed E-state index contributed by atoms with van der Waals surface area (Å²) in [5.74, 6) is -0.00670. The van der Waals surface area contributed by atoms with Gasteiger partial charge in [0.25, 0.3) is 5.91 Å². The molecule has 156 valence electrons. The van der Waals surface area contributed by atoms with E-state index in [0.717, 1.165) is 31.9 Å². The number of nitrogens with zero attached hydrogens (tertiary/aromatic N) is 2. The average molecular weight is 505 g/mol. The highest BCUT2D eigenvalue weighted by Crippen LogP contribution is 2.19. The van der Waals surface area contributed by atoms with Gasteiger partial charge in [0.05, 0.1) is 0 Å². The van der Waals surface area contributed by atoms with E-state index in [2.05, 4.69) is 20.5 Å². The number of likely N-dealkylation sites (tertiary alicyclic amines) is 1. The highest BCUT2D eigenvalue weighted by atomic mass is 127. The molecule has 0 saturated carbocycles. The minimum Gasteiger partial charge on any atom is -0.370 e. The third-order valence-corrected chi connectivity index (χ3v) is 4.65. The van der Waals surface area contributed by atoms with E-state index in [0.29, 0.717) is 30.6 Å². The molecule has 1 fully saturated rings. The van der Waals surface area contributed by atoms with Crippen LogP contribution in [-0.2, 0) is 4.79 Å². The third-order valence-electron chi connectivity index (χ3n) is 4.65. The highest BCUT2D eigenvalue weighted by Gasteiger charge is 2.23. The largest absolute Gasteiger partial charge is 0.370 e. The summed E-state index contributed by atoms with van der Waals surface area (Å²) in [5.41, 5.74) is 6.11. The zero-order chi connectivity index (χ0) is 19.8. The molecular weight excluding hydrogens is 476 g/mol. The van der Waals surface area contributed by atoms with Gasteiger partial charge in [-0.3, -0.25) is 14.6 Å². The zero-order valence-corrected chi connectivity index (χ0v) is 18.7. The van der Waals surface area contributed by atoms with Gasteiger partial charge in [-0.15, -0.1) is 24.0 Å². The number of hydrogen-bond acceptors (Lipinski definition) is 3. The molecule has 7 nitrogen and oxygen atoms in total. The molecule has 2 rings (SSSR count). The van der Waals surface area contributed by atoms with Crippen LogP contribution in [0.1, 0.15) is 35.2 Å². The number of hydrogen-bond donors (Lipinski definition) is 3. The first-order valence-electron chi connectivity index (χ1n) is 9.19. The number of primary amides is 1. The number of guanidine groups is 1. The molecule has 0 bridgehead atoms. The van der Waals surface area contributed by atoms with E-state index >= 15 is 0 Å². The van der Waals surface area contributed by atoms with Crippen LogP contribution in [0.4, 0.5) is 4.39 Å². The molecule has 0 spiro atoms. The smallest absolute Gasteiger partial charge is 0.251 e. The van der Waals surface area contributed by atoms with Crippen LogP contribution in [0.3, 0.4) is 0 Å². The average Bonchev–Trinajstić information content (AvgIpc) is 2.63. The third kappa shape index (κ3) is 7.25. The topological polar surface area (TPSA) is 99.8 Å². The molecule has 1 heterocycles. The molecule has 1 saturated heterocycles. The summed E-state index contributed by atoms with van der Waals surface area (Å²) < 4.78 is 13.6. The van der Waals surface area contributed by atoms with Gasteiger partial charge < -0.3 is 21.3 Å². The molecule has 1 aliphatic rings. The predicted molar refractivity (Wildman–Crippen MR) is 118 cm³/mol. The molecule has 2 amide bonds. The molecule has 4 N–H and O–H groups in total. The van der Waals surface area contributed by atoms with Crippen molar-refractivity contribution >= 4 is 41.8 Å². The monoisotopic (exact) mass is 505 g/mol. The number of carbonyl (C=O) groups is 2. The Labute approximate surface area is 182 Å². The fourth-order valence-corrected chi connectivity index (χ4v) is 3.23. The van der Waals surface area contributed by atoms with Gasteiger partial charge in [-0.2, -0.15) is 0 Å². The second kappa shape index (κ2) is 11.8. The van der Waals surface area contributed by atoms with Crippen molar-refractivity contribution in [2.24, 2.45) is 16.6 Å². The molecular formula is C19H29FIN5O2. The van der Waals surface area contributed by atoms with Gasteiger partial charge in [-0.1, -0.05) is 6.07 Å². The van der Waals surface area contributed by atoms with Crippen molar-refractivity contribution in [3.63, 3.8) is 0 Å². The summed E-state index contributed by atoms with van der Waals surface area (Å²) in [6.45, 7) is 4.12. The fourth-order valence-electron chi connectivity index (χ4n) is 3.23. The highest BCUT2D eigenvalue weighted by molar-refractivity contribution is 14.0. The lowest BCUT2D eigenvalue weighted by atomic mass is 9.95. The maximum atomic E-state index is 13.6. The number of aliphatic imine (C=N–C) groups is 1. The van der Waals surface area contributed by atoms with E-state index in [-0.39, 0.29) is 41.7 Å². The Morgan fingerprint density at radius 3 is 2.68 bits per heavy atom. The van der Waals surface area contributed by atoms with Crippen LogP contribution in [0.2, 0.25) is 0 Å². The van der Waals surface area contributed by atoms with Crippen LogP contribution in [0.15, 0.2) is 23.2 Å². The van der Waals surface area contributed by atoms with Gasteiger partial charge in [0.2, 0.25) is 5.91 Å². The van der Waals surface area contributed by atoms with E-state index in [9.17, 15) is 14.0 Å². The van der Waals surface area contributed by atoms with Crippen LogP contribution < -0.4 is 16.4 Å². The van der Waals surface area contributed by atoms with Gasteiger partial charge in [-0.05, 0) is 43.4 Å². The summed E-state index contributed by atoms with van der Waals surface area (Å²) in [4.78, 5) is 29.6. The Morgan fingerprint density at radius 2 is 2.04 bits per heavy atom. The van der Waals surface area contributed by atoms with E-state index < -0.39 is 5.82 Å². The molecule has 1 aliphatic heterocycles. The number of rotatable bonds is 6. The van der Waals surface area contributed by atoms with Crippen molar-refractivity contribution in [3.05, 3.63) is 35.1 Å². The van der Waals surface area contributed by atoms with Gasteiger partial charge in [0, 0.05) is 45.2 Å². The van der Waals surface area contributed by atoms with Gasteiger partial charge in [-0.25, -0.2) is 4.39 Å². The minimum atomic E-state index is -0.392. The predicted octanol–water partition coefficient (Wildman–Crippen LogP) is 1.64. The van der Waals surface area contributed by atoms with Gasteiger partial charge in [0.15, 0.2) is 5.96 Å². The Kier molecular flexibility index (Phi) is 10.2. The van der Waals surface area contributed by atoms with E-state index in [1.54, 1.807) is 26.1 Å². The number of nitrogens with two attached hydrogens (primary N) is 1. The molecule has 0 aromatic heterocycles. The van der Waals surface area contributed by atoms with Crippen molar-refractivity contribution in [1.82, 2.24) is 15.5 Å². The summed E-state index contributed by atoms with van der Waals surface area (Å²) >= 11 is 0. The minimum absolute atomic E-state index is 0. The van der Waals surface area contributed by atoms with E-state index in [1.807, 2.05) is 0 Å². The SMILES string of the molecule is CN=C(NCCNC(=O)c1ccc(C)c(F)c1)N1CCCC(CC(N)=O)C1.I. The van der Waals surface area contributed by atoms with Crippen molar-refractivity contribution < 1.29 is 14.0 Å². The second-order valence-electron chi connectivity index (χ2n) is 6.82. The molecule has 1 aromatic rings. The molecule has 1 unspecified atom stereocenters. The van der Waals surface area contributed by atoms with Crippen molar-refractivity contribution in [2.45, 2.75) is 26.2 Å². The number of nitrogens with one attached hydrogen (secondary N) is 2. The maximum Gasteiger partial charge on any atom is 0.251 e.